The zero-order valence-electron chi connectivity index (χ0n) is 12.3. The summed E-state index contributed by atoms with van der Waals surface area (Å²) in [6.07, 6.45) is 4.62. The number of hydrogen-bond acceptors (Lipinski definition) is 6. The van der Waals surface area contributed by atoms with Crippen molar-refractivity contribution in [3.63, 3.8) is 0 Å². The number of nitrogens with zero attached hydrogens (tertiary/aromatic N) is 3. The van der Waals surface area contributed by atoms with Crippen molar-refractivity contribution in [1.29, 1.82) is 0 Å². The first kappa shape index (κ1) is 15.0. The maximum atomic E-state index is 5.55. The van der Waals surface area contributed by atoms with Crippen molar-refractivity contribution in [3.8, 4) is 0 Å². The second-order valence-electron chi connectivity index (χ2n) is 4.46. The van der Waals surface area contributed by atoms with E-state index in [4.69, 9.17) is 4.42 Å². The largest absolute Gasteiger partial charge is 0.444 e. The minimum Gasteiger partial charge on any atom is -0.444 e. The highest BCUT2D eigenvalue weighted by Gasteiger charge is 2.08. The van der Waals surface area contributed by atoms with Gasteiger partial charge < -0.3 is 14.6 Å². The fourth-order valence-electron chi connectivity index (χ4n) is 1.91. The van der Waals surface area contributed by atoms with Crippen LogP contribution in [0.2, 0.25) is 0 Å². The SMILES string of the molecule is CCc1cnc(CNCc2cnc(N(CC)CC)s2)o1. The molecule has 0 atom stereocenters. The molecule has 0 unspecified atom stereocenters. The molecule has 0 aliphatic heterocycles. The summed E-state index contributed by atoms with van der Waals surface area (Å²) in [7, 11) is 0. The van der Waals surface area contributed by atoms with Crippen LogP contribution >= 0.6 is 11.3 Å². The van der Waals surface area contributed by atoms with E-state index in [1.807, 2.05) is 6.20 Å². The Morgan fingerprint density at radius 1 is 1.15 bits per heavy atom. The molecule has 20 heavy (non-hydrogen) atoms. The quantitative estimate of drug-likeness (QED) is 0.811. The highest BCUT2D eigenvalue weighted by molar-refractivity contribution is 7.15. The molecule has 0 amide bonds. The van der Waals surface area contributed by atoms with E-state index in [1.165, 1.54) is 4.88 Å². The standard InChI is InChI=1S/C14H22N4OS/c1-4-11-7-16-13(19-11)10-15-8-12-9-17-14(20-12)18(5-2)6-3/h7,9,15H,4-6,8,10H2,1-3H3. The van der Waals surface area contributed by atoms with Crippen LogP contribution in [0.15, 0.2) is 16.8 Å². The van der Waals surface area contributed by atoms with Crippen molar-refractivity contribution in [2.24, 2.45) is 0 Å². The van der Waals surface area contributed by atoms with Crippen LogP contribution in [0, 0.1) is 0 Å². The Hall–Kier alpha value is -1.40. The summed E-state index contributed by atoms with van der Waals surface area (Å²) in [4.78, 5) is 12.2. The molecule has 2 rings (SSSR count). The molecule has 0 radical (unpaired) electrons. The summed E-state index contributed by atoms with van der Waals surface area (Å²) in [5.41, 5.74) is 0. The van der Waals surface area contributed by atoms with Gasteiger partial charge in [0.05, 0.1) is 12.7 Å². The number of hydrogen-bond donors (Lipinski definition) is 1. The second-order valence-corrected chi connectivity index (χ2v) is 5.55. The first-order valence-electron chi connectivity index (χ1n) is 7.10. The third-order valence-electron chi connectivity index (χ3n) is 3.10. The second kappa shape index (κ2) is 7.40. The zero-order valence-corrected chi connectivity index (χ0v) is 13.2. The van der Waals surface area contributed by atoms with Gasteiger partial charge in [-0.3, -0.25) is 0 Å². The van der Waals surface area contributed by atoms with E-state index < -0.39 is 0 Å². The molecular weight excluding hydrogens is 272 g/mol. The Morgan fingerprint density at radius 2 is 1.95 bits per heavy atom. The summed E-state index contributed by atoms with van der Waals surface area (Å²) in [6.45, 7) is 9.79. The van der Waals surface area contributed by atoms with Gasteiger partial charge in [-0.2, -0.15) is 0 Å². The molecule has 0 saturated carbocycles. The van der Waals surface area contributed by atoms with Crippen LogP contribution in [-0.2, 0) is 19.5 Å². The van der Waals surface area contributed by atoms with Crippen molar-refractivity contribution in [3.05, 3.63) is 28.9 Å². The molecule has 1 N–H and O–H groups in total. The molecule has 2 aromatic rings. The highest BCUT2D eigenvalue weighted by Crippen LogP contribution is 2.22. The van der Waals surface area contributed by atoms with Crippen LogP contribution in [0.3, 0.4) is 0 Å². The molecule has 0 aliphatic rings. The Bertz CT molecular complexity index is 519. The van der Waals surface area contributed by atoms with E-state index >= 15 is 0 Å². The first-order chi connectivity index (χ1) is 9.76. The Balaban J connectivity index is 1.82. The molecule has 0 spiro atoms. The van der Waals surface area contributed by atoms with Crippen molar-refractivity contribution < 1.29 is 4.42 Å². The average molecular weight is 294 g/mol. The van der Waals surface area contributed by atoms with Gasteiger partial charge in [-0.15, -0.1) is 11.3 Å². The number of aryl methyl sites for hydroxylation is 1. The number of anilines is 1. The molecule has 0 saturated heterocycles. The maximum absolute atomic E-state index is 5.55. The van der Waals surface area contributed by atoms with Gasteiger partial charge in [-0.05, 0) is 13.8 Å². The predicted octanol–water partition coefficient (Wildman–Crippen LogP) is 2.83. The van der Waals surface area contributed by atoms with Crippen LogP contribution in [0.1, 0.15) is 37.3 Å². The summed E-state index contributed by atoms with van der Waals surface area (Å²) in [5, 5.41) is 4.43. The number of rotatable bonds is 8. The van der Waals surface area contributed by atoms with Gasteiger partial charge in [-0.25, -0.2) is 9.97 Å². The number of nitrogens with one attached hydrogen (secondary N) is 1. The van der Waals surface area contributed by atoms with E-state index in [0.717, 1.165) is 42.8 Å². The van der Waals surface area contributed by atoms with Crippen molar-refractivity contribution in [1.82, 2.24) is 15.3 Å². The Morgan fingerprint density at radius 3 is 2.60 bits per heavy atom. The lowest BCUT2D eigenvalue weighted by Crippen LogP contribution is -2.21. The molecule has 0 bridgehead atoms. The Kier molecular flexibility index (Phi) is 5.55. The number of oxazole rings is 1. The third kappa shape index (κ3) is 3.80. The zero-order chi connectivity index (χ0) is 14.4. The third-order valence-corrected chi connectivity index (χ3v) is 4.16. The molecule has 0 fully saturated rings. The van der Waals surface area contributed by atoms with Gasteiger partial charge in [0.25, 0.3) is 0 Å². The molecule has 0 aliphatic carbocycles. The fourth-order valence-corrected chi connectivity index (χ4v) is 2.91. The highest BCUT2D eigenvalue weighted by atomic mass is 32.1. The molecule has 6 heteroatoms. The minimum atomic E-state index is 0.651. The maximum Gasteiger partial charge on any atom is 0.208 e. The van der Waals surface area contributed by atoms with Gasteiger partial charge >= 0.3 is 0 Å². The molecule has 0 aromatic carbocycles. The van der Waals surface area contributed by atoms with Gasteiger partial charge in [0.15, 0.2) is 5.13 Å². The summed E-state index contributed by atoms with van der Waals surface area (Å²) in [5.74, 6) is 1.68. The topological polar surface area (TPSA) is 54.2 Å². The van der Waals surface area contributed by atoms with Crippen molar-refractivity contribution in [2.45, 2.75) is 40.3 Å². The lowest BCUT2D eigenvalue weighted by molar-refractivity contribution is 0.439. The van der Waals surface area contributed by atoms with Crippen LogP contribution in [-0.4, -0.2) is 23.1 Å². The minimum absolute atomic E-state index is 0.651. The van der Waals surface area contributed by atoms with Crippen LogP contribution in [0.5, 0.6) is 0 Å². The smallest absolute Gasteiger partial charge is 0.208 e. The summed E-state index contributed by atoms with van der Waals surface area (Å²) >= 11 is 1.74. The lowest BCUT2D eigenvalue weighted by Gasteiger charge is -2.16. The van der Waals surface area contributed by atoms with E-state index in [-0.39, 0.29) is 0 Å². The van der Waals surface area contributed by atoms with Gasteiger partial charge in [0.2, 0.25) is 5.89 Å². The molecular formula is C14H22N4OS. The van der Waals surface area contributed by atoms with E-state index in [0.29, 0.717) is 6.54 Å². The van der Waals surface area contributed by atoms with Gasteiger partial charge in [0, 0.05) is 37.1 Å². The fraction of sp³-hybridized carbons (Fsp3) is 0.571. The van der Waals surface area contributed by atoms with E-state index in [1.54, 1.807) is 17.5 Å². The summed E-state index contributed by atoms with van der Waals surface area (Å²) in [6, 6.07) is 0. The average Bonchev–Trinajstić information content (AvgIpc) is 3.10. The molecule has 110 valence electrons. The molecule has 5 nitrogen and oxygen atoms in total. The lowest BCUT2D eigenvalue weighted by atomic mass is 10.4. The van der Waals surface area contributed by atoms with E-state index in [9.17, 15) is 0 Å². The number of thiazole rings is 1. The Labute approximate surface area is 124 Å². The first-order valence-corrected chi connectivity index (χ1v) is 7.92. The van der Waals surface area contributed by atoms with Gasteiger partial charge in [-0.1, -0.05) is 6.92 Å². The van der Waals surface area contributed by atoms with Crippen LogP contribution in [0.25, 0.3) is 0 Å². The van der Waals surface area contributed by atoms with Crippen LogP contribution in [0.4, 0.5) is 5.13 Å². The molecule has 2 heterocycles. The molecule has 2 aromatic heterocycles. The van der Waals surface area contributed by atoms with Crippen LogP contribution < -0.4 is 10.2 Å². The monoisotopic (exact) mass is 294 g/mol. The van der Waals surface area contributed by atoms with Crippen molar-refractivity contribution in [2.75, 3.05) is 18.0 Å². The van der Waals surface area contributed by atoms with E-state index in [2.05, 4.69) is 41.0 Å². The van der Waals surface area contributed by atoms with Crippen molar-refractivity contribution >= 4 is 16.5 Å². The summed E-state index contributed by atoms with van der Waals surface area (Å²) < 4.78 is 5.55. The predicted molar refractivity (Wildman–Crippen MR) is 82.1 cm³/mol. The van der Waals surface area contributed by atoms with Gasteiger partial charge in [0.1, 0.15) is 5.76 Å². The number of aromatic nitrogens is 2. The normalized spacial score (nSPS) is 10.9.